The number of piperazine rings is 1. The minimum absolute atomic E-state index is 0.0254. The molecule has 1 aliphatic rings. The fourth-order valence-corrected chi connectivity index (χ4v) is 4.93. The minimum Gasteiger partial charge on any atom is -0.484 e. The molecule has 0 unspecified atom stereocenters. The van der Waals surface area contributed by atoms with Crippen LogP contribution in [0.25, 0.3) is 0 Å². The molecule has 0 saturated carbocycles. The number of hydrogen-bond donors (Lipinski definition) is 0. The van der Waals surface area contributed by atoms with Crippen LogP contribution in [0.4, 0.5) is 15.8 Å². The summed E-state index contributed by atoms with van der Waals surface area (Å²) in [5.74, 6) is -1.63. The maximum atomic E-state index is 13.7. The summed E-state index contributed by atoms with van der Waals surface area (Å²) in [6.45, 7) is 1.14. The molecule has 3 rings (SSSR count). The number of nitrogens with zero attached hydrogens (tertiary/aromatic N) is 4. The molecule has 0 aromatic heterocycles. The lowest BCUT2D eigenvalue weighted by Crippen LogP contribution is -2.51. The molecule has 1 amide bonds. The van der Waals surface area contributed by atoms with Gasteiger partial charge in [-0.05, 0) is 18.6 Å². The van der Waals surface area contributed by atoms with Crippen molar-refractivity contribution in [2.45, 2.75) is 11.8 Å². The van der Waals surface area contributed by atoms with Crippen molar-refractivity contribution in [1.82, 2.24) is 9.21 Å². The number of amides is 1. The molecular weight excluding hydrogens is 463 g/mol. The Morgan fingerprint density at radius 2 is 1.73 bits per heavy atom. The summed E-state index contributed by atoms with van der Waals surface area (Å²) in [6, 6.07) is 6.50. The van der Waals surface area contributed by atoms with E-state index in [1.807, 2.05) is 0 Å². The van der Waals surface area contributed by atoms with Crippen molar-refractivity contribution in [2.24, 2.45) is 0 Å². The zero-order chi connectivity index (χ0) is 24.3. The van der Waals surface area contributed by atoms with Crippen LogP contribution in [-0.2, 0) is 14.8 Å². The monoisotopic (exact) mass is 482 g/mol. The maximum Gasteiger partial charge on any atom is 0.305 e. The fourth-order valence-electron chi connectivity index (χ4n) is 3.26. The fraction of sp³-hybridized carbons (Fsp3) is 0.316. The standard InChI is InChI=1S/C19H19FN4O8S/c1-13-2-3-14(23(26)27)10-18(13)33(30,31)22-8-6-21(7-9-22)19(25)12-32-15-4-5-17(24(28)29)16(20)11-15/h2-5,10-11H,6-9,12H2,1H3. The van der Waals surface area contributed by atoms with Gasteiger partial charge in [-0.3, -0.25) is 25.0 Å². The summed E-state index contributed by atoms with van der Waals surface area (Å²) >= 11 is 0. The lowest BCUT2D eigenvalue weighted by Gasteiger charge is -2.34. The Balaban J connectivity index is 1.61. The van der Waals surface area contributed by atoms with E-state index >= 15 is 0 Å². The lowest BCUT2D eigenvalue weighted by atomic mass is 10.2. The summed E-state index contributed by atoms with van der Waals surface area (Å²) in [6.07, 6.45) is 0. The summed E-state index contributed by atoms with van der Waals surface area (Å²) in [5, 5.41) is 21.7. The number of benzene rings is 2. The molecule has 176 valence electrons. The average molecular weight is 482 g/mol. The van der Waals surface area contributed by atoms with Crippen LogP contribution < -0.4 is 4.74 Å². The Morgan fingerprint density at radius 3 is 2.30 bits per heavy atom. The average Bonchev–Trinajstić information content (AvgIpc) is 2.77. The third kappa shape index (κ3) is 5.23. The van der Waals surface area contributed by atoms with Gasteiger partial charge in [-0.2, -0.15) is 8.70 Å². The van der Waals surface area contributed by atoms with E-state index < -0.39 is 43.9 Å². The largest absolute Gasteiger partial charge is 0.484 e. The topological polar surface area (TPSA) is 153 Å². The van der Waals surface area contributed by atoms with Crippen LogP contribution >= 0.6 is 0 Å². The molecule has 0 N–H and O–H groups in total. The molecule has 0 radical (unpaired) electrons. The quantitative estimate of drug-likeness (QED) is 0.428. The second kappa shape index (κ2) is 9.46. The number of ether oxygens (including phenoxy) is 1. The highest BCUT2D eigenvalue weighted by Crippen LogP contribution is 2.26. The van der Waals surface area contributed by atoms with E-state index in [0.29, 0.717) is 5.56 Å². The van der Waals surface area contributed by atoms with Gasteiger partial charge < -0.3 is 9.64 Å². The van der Waals surface area contributed by atoms with Gasteiger partial charge in [-0.1, -0.05) is 6.07 Å². The molecule has 0 atom stereocenters. The van der Waals surface area contributed by atoms with Crippen LogP contribution in [0.15, 0.2) is 41.3 Å². The van der Waals surface area contributed by atoms with E-state index in [2.05, 4.69) is 0 Å². The zero-order valence-electron chi connectivity index (χ0n) is 17.3. The van der Waals surface area contributed by atoms with Crippen molar-refractivity contribution < 1.29 is 32.2 Å². The van der Waals surface area contributed by atoms with E-state index in [1.54, 1.807) is 0 Å². The van der Waals surface area contributed by atoms with E-state index in [-0.39, 0.29) is 42.5 Å². The molecule has 2 aromatic rings. The summed E-state index contributed by atoms with van der Waals surface area (Å²) in [5.41, 5.74) is -0.694. The molecule has 0 spiro atoms. The highest BCUT2D eigenvalue weighted by atomic mass is 32.2. The third-order valence-electron chi connectivity index (χ3n) is 5.07. The predicted molar refractivity (Wildman–Crippen MR) is 112 cm³/mol. The first-order valence-corrected chi connectivity index (χ1v) is 11.0. The number of carbonyl (C=O) groups excluding carboxylic acids is 1. The van der Waals surface area contributed by atoms with E-state index in [4.69, 9.17) is 4.74 Å². The van der Waals surface area contributed by atoms with E-state index in [1.165, 1.54) is 30.0 Å². The van der Waals surface area contributed by atoms with Gasteiger partial charge in [-0.25, -0.2) is 8.42 Å². The molecule has 1 fully saturated rings. The number of hydrogen-bond acceptors (Lipinski definition) is 8. The molecule has 1 saturated heterocycles. The summed E-state index contributed by atoms with van der Waals surface area (Å²) in [4.78, 5) is 33.7. The molecule has 12 nitrogen and oxygen atoms in total. The number of non-ortho nitro benzene ring substituents is 1. The molecule has 14 heteroatoms. The van der Waals surface area contributed by atoms with Crippen LogP contribution in [0.1, 0.15) is 5.56 Å². The smallest absolute Gasteiger partial charge is 0.305 e. The molecule has 0 aliphatic carbocycles. The van der Waals surface area contributed by atoms with Crippen molar-refractivity contribution >= 4 is 27.3 Å². The predicted octanol–water partition coefficient (Wildman–Crippen LogP) is 1.86. The molecule has 33 heavy (non-hydrogen) atoms. The summed E-state index contributed by atoms with van der Waals surface area (Å²) < 4.78 is 45.9. The van der Waals surface area contributed by atoms with Crippen LogP contribution in [0, 0.1) is 33.0 Å². The zero-order valence-corrected chi connectivity index (χ0v) is 18.2. The minimum atomic E-state index is -4.01. The van der Waals surface area contributed by atoms with Crippen molar-refractivity contribution in [3.05, 3.63) is 68.0 Å². The van der Waals surface area contributed by atoms with Gasteiger partial charge in [0.15, 0.2) is 6.61 Å². The van der Waals surface area contributed by atoms with Crippen LogP contribution in [0.2, 0.25) is 0 Å². The van der Waals surface area contributed by atoms with Gasteiger partial charge in [0.1, 0.15) is 5.75 Å². The Kier molecular flexibility index (Phi) is 6.88. The Labute approximate surface area is 187 Å². The van der Waals surface area contributed by atoms with E-state index in [9.17, 15) is 37.8 Å². The first-order chi connectivity index (χ1) is 15.5. The number of nitro benzene ring substituents is 2. The first kappa shape index (κ1) is 24.0. The lowest BCUT2D eigenvalue weighted by molar-refractivity contribution is -0.387. The molecule has 1 heterocycles. The Bertz CT molecular complexity index is 1210. The van der Waals surface area contributed by atoms with Crippen LogP contribution in [0.3, 0.4) is 0 Å². The van der Waals surface area contributed by atoms with Crippen molar-refractivity contribution in [2.75, 3.05) is 32.8 Å². The highest BCUT2D eigenvalue weighted by Gasteiger charge is 2.32. The second-order valence-electron chi connectivity index (χ2n) is 7.15. The summed E-state index contributed by atoms with van der Waals surface area (Å²) in [7, 11) is -4.01. The highest BCUT2D eigenvalue weighted by molar-refractivity contribution is 7.89. The number of carbonyl (C=O) groups is 1. The van der Waals surface area contributed by atoms with Gasteiger partial charge >= 0.3 is 5.69 Å². The number of aryl methyl sites for hydroxylation is 1. The van der Waals surface area contributed by atoms with Crippen LogP contribution in [0.5, 0.6) is 5.75 Å². The third-order valence-corrected chi connectivity index (χ3v) is 7.11. The van der Waals surface area contributed by atoms with Crippen molar-refractivity contribution in [3.63, 3.8) is 0 Å². The normalized spacial score (nSPS) is 14.7. The first-order valence-electron chi connectivity index (χ1n) is 9.60. The number of rotatable bonds is 7. The van der Waals surface area contributed by atoms with Crippen molar-refractivity contribution in [3.8, 4) is 5.75 Å². The SMILES string of the molecule is Cc1ccc([N+](=O)[O-])cc1S(=O)(=O)N1CCN(C(=O)COc2ccc([N+](=O)[O-])c(F)c2)CC1. The molecule has 1 aliphatic heterocycles. The van der Waals surface area contributed by atoms with Gasteiger partial charge in [-0.15, -0.1) is 0 Å². The van der Waals surface area contributed by atoms with Gasteiger partial charge in [0.25, 0.3) is 11.6 Å². The second-order valence-corrected chi connectivity index (χ2v) is 9.06. The molecule has 2 aromatic carbocycles. The number of halogens is 1. The Morgan fingerprint density at radius 1 is 1.06 bits per heavy atom. The van der Waals surface area contributed by atoms with E-state index in [0.717, 1.165) is 22.5 Å². The molecule has 0 bridgehead atoms. The number of sulfonamides is 1. The molecular formula is C19H19FN4O8S. The Hall–Kier alpha value is -3.65. The van der Waals surface area contributed by atoms with Crippen LogP contribution in [-0.4, -0.2) is 66.2 Å². The number of nitro groups is 2. The van der Waals surface area contributed by atoms with Gasteiger partial charge in [0, 0.05) is 50.4 Å². The van der Waals surface area contributed by atoms with Crippen molar-refractivity contribution in [1.29, 1.82) is 0 Å². The van der Waals surface area contributed by atoms with Gasteiger partial charge in [0.05, 0.1) is 14.7 Å². The maximum absolute atomic E-state index is 13.7. The van der Waals surface area contributed by atoms with Gasteiger partial charge in [0.2, 0.25) is 15.8 Å².